The number of nitrogens with one attached hydrogen (secondary N) is 1. The third-order valence-electron chi connectivity index (χ3n) is 3.65. The minimum Gasteiger partial charge on any atom is -0.465 e. The van der Waals surface area contributed by atoms with Gasteiger partial charge in [-0.15, -0.1) is 0 Å². The number of amides is 1. The van der Waals surface area contributed by atoms with Crippen LogP contribution in [0.5, 0.6) is 0 Å². The van der Waals surface area contributed by atoms with E-state index in [0.717, 1.165) is 25.7 Å². The van der Waals surface area contributed by atoms with Crippen molar-refractivity contribution in [1.82, 2.24) is 5.32 Å². The van der Waals surface area contributed by atoms with E-state index in [9.17, 15) is 14.7 Å². The van der Waals surface area contributed by atoms with Crippen molar-refractivity contribution >= 4 is 12.1 Å². The number of carbonyl (C=O) groups is 2. The maximum atomic E-state index is 11.9. The Morgan fingerprint density at radius 1 is 1.25 bits per heavy atom. The van der Waals surface area contributed by atoms with E-state index in [4.69, 9.17) is 4.74 Å². The molecule has 0 aliphatic rings. The number of esters is 1. The van der Waals surface area contributed by atoms with Gasteiger partial charge in [0.05, 0.1) is 31.4 Å². The second-order valence-corrected chi connectivity index (χ2v) is 5.68. The molecule has 0 saturated heterocycles. The molecule has 0 heterocycles. The molecule has 0 saturated carbocycles. The molecule has 2 N–H and O–H groups in total. The first kappa shape index (κ1) is 20.0. The molecule has 0 aromatic heterocycles. The van der Waals surface area contributed by atoms with Crippen molar-refractivity contribution in [2.24, 2.45) is 0 Å². The molecule has 1 rings (SSSR count). The Kier molecular flexibility index (Phi) is 8.86. The third kappa shape index (κ3) is 6.58. The Bertz CT molecular complexity index is 530. The lowest BCUT2D eigenvalue weighted by Crippen LogP contribution is -2.35. The van der Waals surface area contributed by atoms with Crippen molar-refractivity contribution in [2.45, 2.75) is 51.7 Å². The molecule has 1 amide bonds. The maximum Gasteiger partial charge on any atom is 0.407 e. The van der Waals surface area contributed by atoms with E-state index in [1.807, 2.05) is 0 Å². The van der Waals surface area contributed by atoms with Gasteiger partial charge in [0.1, 0.15) is 0 Å². The number of ether oxygens (including phenoxy) is 2. The highest BCUT2D eigenvalue weighted by atomic mass is 16.5. The van der Waals surface area contributed by atoms with E-state index < -0.39 is 24.2 Å². The Hall–Kier alpha value is -2.08. The van der Waals surface area contributed by atoms with Gasteiger partial charge in [-0.1, -0.05) is 38.3 Å². The Labute approximate surface area is 143 Å². The zero-order chi connectivity index (χ0) is 17.9. The van der Waals surface area contributed by atoms with Crippen LogP contribution in [0.3, 0.4) is 0 Å². The van der Waals surface area contributed by atoms with E-state index >= 15 is 0 Å². The quantitative estimate of drug-likeness (QED) is 0.534. The van der Waals surface area contributed by atoms with Crippen LogP contribution in [0.4, 0.5) is 4.79 Å². The predicted molar refractivity (Wildman–Crippen MR) is 90.8 cm³/mol. The molecule has 0 aliphatic carbocycles. The van der Waals surface area contributed by atoms with Crippen molar-refractivity contribution in [3.8, 4) is 0 Å². The Morgan fingerprint density at radius 3 is 2.62 bits per heavy atom. The molecule has 0 unspecified atom stereocenters. The number of alkyl carbamates (subject to hydrolysis) is 1. The van der Waals surface area contributed by atoms with Crippen molar-refractivity contribution in [3.05, 3.63) is 35.4 Å². The van der Waals surface area contributed by atoms with E-state index in [0.29, 0.717) is 17.7 Å². The summed E-state index contributed by atoms with van der Waals surface area (Å²) >= 11 is 0. The highest BCUT2D eigenvalue weighted by molar-refractivity contribution is 5.89. The number of rotatable bonds is 9. The second-order valence-electron chi connectivity index (χ2n) is 5.68. The van der Waals surface area contributed by atoms with Gasteiger partial charge in [0.2, 0.25) is 0 Å². The molecule has 24 heavy (non-hydrogen) atoms. The summed E-state index contributed by atoms with van der Waals surface area (Å²) in [5, 5.41) is 12.6. The Balaban J connectivity index is 2.67. The molecule has 0 bridgehead atoms. The summed E-state index contributed by atoms with van der Waals surface area (Å²) in [4.78, 5) is 23.5. The number of aliphatic hydroxyl groups is 1. The molecule has 6 nitrogen and oxygen atoms in total. The predicted octanol–water partition coefficient (Wildman–Crippen LogP) is 3.20. The van der Waals surface area contributed by atoms with Crippen LogP contribution in [-0.2, 0) is 9.47 Å². The minimum atomic E-state index is -0.842. The smallest absolute Gasteiger partial charge is 0.407 e. The first-order chi connectivity index (χ1) is 11.5. The summed E-state index contributed by atoms with van der Waals surface area (Å²) in [6.07, 6.45) is 2.64. The highest BCUT2D eigenvalue weighted by Crippen LogP contribution is 2.19. The minimum absolute atomic E-state index is 0.348. The van der Waals surface area contributed by atoms with Crippen molar-refractivity contribution in [1.29, 1.82) is 0 Å². The summed E-state index contributed by atoms with van der Waals surface area (Å²) in [6.45, 7) is 4.03. The molecule has 0 radical (unpaired) electrons. The van der Waals surface area contributed by atoms with Crippen LogP contribution < -0.4 is 5.32 Å². The monoisotopic (exact) mass is 337 g/mol. The zero-order valence-electron chi connectivity index (χ0n) is 14.6. The summed E-state index contributed by atoms with van der Waals surface area (Å²) in [5.41, 5.74) is 0.964. The second kappa shape index (κ2) is 10.6. The first-order valence-electron chi connectivity index (χ1n) is 8.29. The van der Waals surface area contributed by atoms with Crippen molar-refractivity contribution in [3.63, 3.8) is 0 Å². The molecule has 1 aromatic rings. The average Bonchev–Trinajstić information content (AvgIpc) is 2.58. The van der Waals surface area contributed by atoms with E-state index in [1.54, 1.807) is 31.2 Å². The van der Waals surface area contributed by atoms with Gasteiger partial charge < -0.3 is 19.9 Å². The number of benzene rings is 1. The van der Waals surface area contributed by atoms with Gasteiger partial charge in [0.15, 0.2) is 0 Å². The van der Waals surface area contributed by atoms with Crippen LogP contribution in [0.25, 0.3) is 0 Å². The molecule has 134 valence electrons. The van der Waals surface area contributed by atoms with Crippen molar-refractivity contribution in [2.75, 3.05) is 13.7 Å². The number of aliphatic hydroxyl groups excluding tert-OH is 1. The van der Waals surface area contributed by atoms with Gasteiger partial charge in [0.25, 0.3) is 0 Å². The summed E-state index contributed by atoms with van der Waals surface area (Å²) in [7, 11) is 1.30. The van der Waals surface area contributed by atoms with Gasteiger partial charge in [-0.05, 0) is 31.0 Å². The van der Waals surface area contributed by atoms with Crippen molar-refractivity contribution < 1.29 is 24.2 Å². The topological polar surface area (TPSA) is 84.9 Å². The van der Waals surface area contributed by atoms with Crippen LogP contribution in [0.2, 0.25) is 0 Å². The molecular weight excluding hydrogens is 310 g/mol. The van der Waals surface area contributed by atoms with Gasteiger partial charge in [-0.25, -0.2) is 9.59 Å². The van der Waals surface area contributed by atoms with Crippen LogP contribution in [0.15, 0.2) is 24.3 Å². The van der Waals surface area contributed by atoms with E-state index in [-0.39, 0.29) is 0 Å². The number of carbonyl (C=O) groups excluding carboxylic acids is 2. The molecule has 0 spiro atoms. The fourth-order valence-electron chi connectivity index (χ4n) is 2.32. The summed E-state index contributed by atoms with van der Waals surface area (Å²) in [5.74, 6) is -0.473. The molecule has 0 fully saturated rings. The van der Waals surface area contributed by atoms with Gasteiger partial charge >= 0.3 is 12.1 Å². The molecular formula is C18H27NO5. The molecule has 1 aromatic carbocycles. The third-order valence-corrected chi connectivity index (χ3v) is 3.65. The van der Waals surface area contributed by atoms with Gasteiger partial charge in [0, 0.05) is 0 Å². The molecule has 2 atom stereocenters. The highest BCUT2D eigenvalue weighted by Gasteiger charge is 2.21. The lowest BCUT2D eigenvalue weighted by Gasteiger charge is -2.22. The lowest BCUT2D eigenvalue weighted by atomic mass is 10.0. The van der Waals surface area contributed by atoms with Crippen LogP contribution >= 0.6 is 0 Å². The fraction of sp³-hybridized carbons (Fsp3) is 0.556. The number of hydrogen-bond donors (Lipinski definition) is 2. The number of hydrogen-bond acceptors (Lipinski definition) is 5. The standard InChI is InChI=1S/C18H27NO5/c1-4-5-6-7-11-24-18(22)19-16(13(2)20)14-9-8-10-15(12-14)17(21)23-3/h8-10,12-13,16,20H,4-7,11H2,1-3H3,(H,19,22)/t13-,16-/m0/s1. The SMILES string of the molecule is CCCCCCOC(=O)N[C@H](c1cccc(C(=O)OC)c1)[C@H](C)O. The molecule has 6 heteroatoms. The fourth-order valence-corrected chi connectivity index (χ4v) is 2.32. The van der Waals surface area contributed by atoms with E-state index in [1.165, 1.54) is 7.11 Å². The average molecular weight is 337 g/mol. The van der Waals surface area contributed by atoms with Crippen LogP contribution in [-0.4, -0.2) is 37.0 Å². The van der Waals surface area contributed by atoms with Crippen LogP contribution in [0, 0.1) is 0 Å². The maximum absolute atomic E-state index is 11.9. The van der Waals surface area contributed by atoms with Crippen LogP contribution in [0.1, 0.15) is 61.5 Å². The number of unbranched alkanes of at least 4 members (excludes halogenated alkanes) is 3. The normalized spacial score (nSPS) is 13.0. The van der Waals surface area contributed by atoms with E-state index in [2.05, 4.69) is 17.0 Å². The summed E-state index contributed by atoms with van der Waals surface area (Å²) < 4.78 is 9.82. The first-order valence-corrected chi connectivity index (χ1v) is 8.29. The van der Waals surface area contributed by atoms with Gasteiger partial charge in [-0.3, -0.25) is 0 Å². The Morgan fingerprint density at radius 2 is 2.00 bits per heavy atom. The molecule has 0 aliphatic heterocycles. The largest absolute Gasteiger partial charge is 0.465 e. The summed E-state index contributed by atoms with van der Waals surface area (Å²) in [6, 6.07) is 5.93. The zero-order valence-corrected chi connectivity index (χ0v) is 14.6. The lowest BCUT2D eigenvalue weighted by molar-refractivity contribution is 0.0600. The number of methoxy groups -OCH3 is 1. The van der Waals surface area contributed by atoms with Gasteiger partial charge in [-0.2, -0.15) is 0 Å².